The number of carboxylic acids is 1. The van der Waals surface area contributed by atoms with Crippen LogP contribution in [0.5, 0.6) is 0 Å². The fourth-order valence-corrected chi connectivity index (χ4v) is 1.42. The van der Waals surface area contributed by atoms with Crippen molar-refractivity contribution in [3.63, 3.8) is 0 Å². The van der Waals surface area contributed by atoms with Gasteiger partial charge in [-0.15, -0.1) is 0 Å². The maximum absolute atomic E-state index is 10.9. The molecule has 0 aromatic heterocycles. The lowest BCUT2D eigenvalue weighted by atomic mass is 10.1. The van der Waals surface area contributed by atoms with Gasteiger partial charge in [-0.3, -0.25) is 0 Å². The highest BCUT2D eigenvalue weighted by atomic mass is 16.4. The van der Waals surface area contributed by atoms with Gasteiger partial charge in [0.1, 0.15) is 5.70 Å². The predicted octanol–water partition coefficient (Wildman–Crippen LogP) is 2.10. The molecule has 0 atom stereocenters. The standard InChI is InChI=1S/C10H19NO2/c1-5-7-8(6-2)9(10(12)13)11(3)4/h5-7H2,1-4H3,(H,12,13)/b9-8-. The van der Waals surface area contributed by atoms with Gasteiger partial charge in [0, 0.05) is 14.1 Å². The second-order valence-electron chi connectivity index (χ2n) is 3.26. The van der Waals surface area contributed by atoms with Crippen LogP contribution in [-0.4, -0.2) is 30.1 Å². The number of nitrogens with zero attached hydrogens (tertiary/aromatic N) is 1. The lowest BCUT2D eigenvalue weighted by Gasteiger charge is -2.17. The monoisotopic (exact) mass is 185 g/mol. The van der Waals surface area contributed by atoms with E-state index in [1.54, 1.807) is 19.0 Å². The van der Waals surface area contributed by atoms with Crippen molar-refractivity contribution < 1.29 is 9.90 Å². The number of carboxylic acid groups (broad SMARTS) is 1. The maximum Gasteiger partial charge on any atom is 0.352 e. The summed E-state index contributed by atoms with van der Waals surface area (Å²) in [5.74, 6) is -0.824. The highest BCUT2D eigenvalue weighted by molar-refractivity contribution is 5.86. The summed E-state index contributed by atoms with van der Waals surface area (Å²) < 4.78 is 0. The first kappa shape index (κ1) is 12.0. The molecule has 0 fully saturated rings. The minimum absolute atomic E-state index is 0.448. The molecule has 0 aliphatic heterocycles. The van der Waals surface area contributed by atoms with E-state index < -0.39 is 5.97 Å². The zero-order chi connectivity index (χ0) is 10.4. The number of allylic oxidation sites excluding steroid dienone is 1. The summed E-state index contributed by atoms with van der Waals surface area (Å²) in [6.07, 6.45) is 2.68. The van der Waals surface area contributed by atoms with Gasteiger partial charge in [-0.2, -0.15) is 0 Å². The van der Waals surface area contributed by atoms with Crippen molar-refractivity contribution in [3.05, 3.63) is 11.3 Å². The summed E-state index contributed by atoms with van der Waals surface area (Å²) in [6.45, 7) is 4.06. The molecule has 0 aromatic carbocycles. The normalized spacial score (nSPS) is 12.3. The van der Waals surface area contributed by atoms with Gasteiger partial charge >= 0.3 is 5.97 Å². The Bertz CT molecular complexity index is 207. The molecule has 0 spiro atoms. The molecule has 3 nitrogen and oxygen atoms in total. The van der Waals surface area contributed by atoms with E-state index in [1.807, 2.05) is 6.92 Å². The van der Waals surface area contributed by atoms with Gasteiger partial charge in [-0.1, -0.05) is 20.3 Å². The van der Waals surface area contributed by atoms with E-state index in [9.17, 15) is 4.79 Å². The molecule has 0 radical (unpaired) electrons. The Kier molecular flexibility index (Phi) is 5.19. The van der Waals surface area contributed by atoms with Crippen LogP contribution in [0.3, 0.4) is 0 Å². The van der Waals surface area contributed by atoms with Crippen LogP contribution in [-0.2, 0) is 4.79 Å². The summed E-state index contributed by atoms with van der Waals surface area (Å²) in [5.41, 5.74) is 1.48. The molecule has 0 heterocycles. The molecule has 0 unspecified atom stereocenters. The molecule has 0 bridgehead atoms. The van der Waals surface area contributed by atoms with Gasteiger partial charge in [0.25, 0.3) is 0 Å². The highest BCUT2D eigenvalue weighted by Crippen LogP contribution is 2.16. The molecular formula is C10H19NO2. The van der Waals surface area contributed by atoms with E-state index in [-0.39, 0.29) is 0 Å². The molecule has 0 aromatic rings. The summed E-state index contributed by atoms with van der Waals surface area (Å²) in [4.78, 5) is 12.6. The highest BCUT2D eigenvalue weighted by Gasteiger charge is 2.14. The Balaban J connectivity index is 4.89. The molecule has 13 heavy (non-hydrogen) atoms. The Hall–Kier alpha value is -0.990. The first-order chi connectivity index (χ1) is 6.04. The molecular weight excluding hydrogens is 166 g/mol. The maximum atomic E-state index is 10.9. The molecule has 0 saturated carbocycles. The van der Waals surface area contributed by atoms with Crippen LogP contribution in [0.25, 0.3) is 0 Å². The van der Waals surface area contributed by atoms with Crippen molar-refractivity contribution in [3.8, 4) is 0 Å². The largest absolute Gasteiger partial charge is 0.477 e. The van der Waals surface area contributed by atoms with Crippen molar-refractivity contribution in [1.82, 2.24) is 4.90 Å². The van der Waals surface area contributed by atoms with Crippen LogP contribution in [0, 0.1) is 0 Å². The molecule has 0 aliphatic carbocycles. The van der Waals surface area contributed by atoms with Crippen LogP contribution in [0.2, 0.25) is 0 Å². The Morgan fingerprint density at radius 1 is 1.31 bits per heavy atom. The molecule has 76 valence electrons. The lowest BCUT2D eigenvalue weighted by Crippen LogP contribution is -2.21. The zero-order valence-corrected chi connectivity index (χ0v) is 8.92. The average Bonchev–Trinajstić information content (AvgIpc) is 2.02. The fraction of sp³-hybridized carbons (Fsp3) is 0.700. The van der Waals surface area contributed by atoms with Gasteiger partial charge in [-0.05, 0) is 18.4 Å². The van der Waals surface area contributed by atoms with Crippen LogP contribution in [0.15, 0.2) is 11.3 Å². The summed E-state index contributed by atoms with van der Waals surface area (Å²) in [6, 6.07) is 0. The topological polar surface area (TPSA) is 40.5 Å². The second-order valence-corrected chi connectivity index (χ2v) is 3.26. The summed E-state index contributed by atoms with van der Waals surface area (Å²) in [7, 11) is 3.55. The first-order valence-electron chi connectivity index (χ1n) is 4.67. The number of likely N-dealkylation sites (N-methyl/N-ethyl adjacent to an activating group) is 1. The number of rotatable bonds is 5. The van der Waals surface area contributed by atoms with Crippen LogP contribution < -0.4 is 0 Å². The van der Waals surface area contributed by atoms with E-state index in [2.05, 4.69) is 6.92 Å². The van der Waals surface area contributed by atoms with Crippen molar-refractivity contribution in [2.24, 2.45) is 0 Å². The minimum Gasteiger partial charge on any atom is -0.477 e. The third-order valence-electron chi connectivity index (χ3n) is 1.96. The molecule has 3 heteroatoms. The van der Waals surface area contributed by atoms with Crippen LogP contribution in [0.1, 0.15) is 33.1 Å². The minimum atomic E-state index is -0.824. The second kappa shape index (κ2) is 5.62. The summed E-state index contributed by atoms with van der Waals surface area (Å²) >= 11 is 0. The Morgan fingerprint density at radius 3 is 2.08 bits per heavy atom. The lowest BCUT2D eigenvalue weighted by molar-refractivity contribution is -0.134. The van der Waals surface area contributed by atoms with E-state index >= 15 is 0 Å². The molecule has 0 amide bonds. The SMILES string of the molecule is CCC/C(CC)=C(/C(=O)O)N(C)C. The number of carbonyl (C=O) groups is 1. The third kappa shape index (κ3) is 3.49. The predicted molar refractivity (Wildman–Crippen MR) is 53.5 cm³/mol. The summed E-state index contributed by atoms with van der Waals surface area (Å²) in [5, 5.41) is 8.97. The first-order valence-corrected chi connectivity index (χ1v) is 4.67. The van der Waals surface area contributed by atoms with Crippen LogP contribution in [0.4, 0.5) is 0 Å². The van der Waals surface area contributed by atoms with Gasteiger partial charge in [0.2, 0.25) is 0 Å². The van der Waals surface area contributed by atoms with Gasteiger partial charge in [0.15, 0.2) is 0 Å². The fourth-order valence-electron chi connectivity index (χ4n) is 1.42. The van der Waals surface area contributed by atoms with E-state index in [4.69, 9.17) is 5.11 Å². The van der Waals surface area contributed by atoms with Crippen molar-refractivity contribution >= 4 is 5.97 Å². The van der Waals surface area contributed by atoms with Crippen molar-refractivity contribution in [1.29, 1.82) is 0 Å². The van der Waals surface area contributed by atoms with Gasteiger partial charge in [0.05, 0.1) is 0 Å². The zero-order valence-electron chi connectivity index (χ0n) is 8.92. The smallest absolute Gasteiger partial charge is 0.352 e. The molecule has 0 saturated heterocycles. The third-order valence-corrected chi connectivity index (χ3v) is 1.96. The van der Waals surface area contributed by atoms with Crippen molar-refractivity contribution in [2.45, 2.75) is 33.1 Å². The number of aliphatic carboxylic acids is 1. The quantitative estimate of drug-likeness (QED) is 0.667. The number of hydrogen-bond donors (Lipinski definition) is 1. The number of hydrogen-bond acceptors (Lipinski definition) is 2. The van der Waals surface area contributed by atoms with Crippen LogP contribution >= 0.6 is 0 Å². The molecule has 0 aliphatic rings. The van der Waals surface area contributed by atoms with Gasteiger partial charge < -0.3 is 10.0 Å². The van der Waals surface area contributed by atoms with Gasteiger partial charge in [-0.25, -0.2) is 4.79 Å². The average molecular weight is 185 g/mol. The van der Waals surface area contributed by atoms with Crippen molar-refractivity contribution in [2.75, 3.05) is 14.1 Å². The molecule has 0 rings (SSSR count). The Labute approximate surface area is 80.0 Å². The molecule has 1 N–H and O–H groups in total. The van der Waals surface area contributed by atoms with E-state index in [0.717, 1.165) is 24.8 Å². The van der Waals surface area contributed by atoms with E-state index in [1.165, 1.54) is 0 Å². The Morgan fingerprint density at radius 2 is 1.85 bits per heavy atom. The van der Waals surface area contributed by atoms with E-state index in [0.29, 0.717) is 5.70 Å².